The third kappa shape index (κ3) is 5.35. The van der Waals surface area contributed by atoms with Crippen LogP contribution in [0.2, 0.25) is 0 Å². The lowest BCUT2D eigenvalue weighted by molar-refractivity contribution is -0.127. The van der Waals surface area contributed by atoms with Crippen LogP contribution in [-0.4, -0.2) is 50.2 Å². The van der Waals surface area contributed by atoms with E-state index in [2.05, 4.69) is 0 Å². The molecule has 2 amide bonds. The van der Waals surface area contributed by atoms with E-state index in [-0.39, 0.29) is 13.5 Å². The van der Waals surface area contributed by atoms with E-state index in [9.17, 15) is 9.59 Å². The minimum absolute atomic E-state index is 0.196. The van der Waals surface area contributed by atoms with Gasteiger partial charge in [0, 0.05) is 14.1 Å². The molecule has 0 fully saturated rings. The summed E-state index contributed by atoms with van der Waals surface area (Å²) in [7, 11) is 3.18. The van der Waals surface area contributed by atoms with Crippen molar-refractivity contribution in [2.75, 3.05) is 27.6 Å². The lowest BCUT2D eigenvalue weighted by atomic mass is 10.9. The van der Waals surface area contributed by atoms with Crippen LogP contribution in [0.1, 0.15) is 0 Å². The van der Waals surface area contributed by atoms with E-state index in [1.165, 1.54) is 9.80 Å². The fourth-order valence-electron chi connectivity index (χ4n) is 0.390. The van der Waals surface area contributed by atoms with Gasteiger partial charge >= 0.3 is 0 Å². The Bertz CT molecular complexity index is 115. The first-order chi connectivity index (χ1) is 5.20. The molecule has 0 aromatic heterocycles. The van der Waals surface area contributed by atoms with Gasteiger partial charge in [-0.2, -0.15) is 0 Å². The molecule has 0 N–H and O–H groups in total. The number of carbonyl (C=O) groups is 2. The van der Waals surface area contributed by atoms with Gasteiger partial charge < -0.3 is 14.5 Å². The highest BCUT2D eigenvalue weighted by atomic mass is 16.5. The summed E-state index contributed by atoms with van der Waals surface area (Å²) in [5, 5.41) is 0. The van der Waals surface area contributed by atoms with Crippen LogP contribution < -0.4 is 0 Å². The van der Waals surface area contributed by atoms with Gasteiger partial charge in [-0.1, -0.05) is 0 Å². The van der Waals surface area contributed by atoms with Crippen molar-refractivity contribution >= 4 is 12.8 Å². The van der Waals surface area contributed by atoms with Gasteiger partial charge in [-0.05, 0) is 0 Å². The van der Waals surface area contributed by atoms with Crippen molar-refractivity contribution < 1.29 is 14.3 Å². The molecule has 0 unspecified atom stereocenters. The molecule has 0 aliphatic carbocycles. The van der Waals surface area contributed by atoms with Gasteiger partial charge in [-0.3, -0.25) is 9.59 Å². The molecule has 5 heteroatoms. The molecule has 0 rings (SSSR count). The quantitative estimate of drug-likeness (QED) is 0.373. The van der Waals surface area contributed by atoms with Crippen molar-refractivity contribution in [3.8, 4) is 0 Å². The molecule has 0 aliphatic heterocycles. The third-order valence-corrected chi connectivity index (χ3v) is 0.950. The predicted octanol–water partition coefficient (Wildman–Crippen LogP) is -0.906. The second-order valence-electron chi connectivity index (χ2n) is 2.19. The zero-order chi connectivity index (χ0) is 8.69. The minimum Gasteiger partial charge on any atom is -0.341 e. The Morgan fingerprint density at radius 1 is 1.09 bits per heavy atom. The van der Waals surface area contributed by atoms with E-state index in [0.717, 1.165) is 0 Å². The van der Waals surface area contributed by atoms with Crippen LogP contribution in [0, 0.1) is 0 Å². The van der Waals surface area contributed by atoms with E-state index >= 15 is 0 Å². The molecule has 0 atom stereocenters. The Kier molecular flexibility index (Phi) is 5.10. The zero-order valence-electron chi connectivity index (χ0n) is 6.69. The lowest BCUT2D eigenvalue weighted by Gasteiger charge is -2.14. The maximum atomic E-state index is 10.0. The molecule has 64 valence electrons. The second-order valence-corrected chi connectivity index (χ2v) is 2.19. The summed E-state index contributed by atoms with van der Waals surface area (Å²) < 4.78 is 4.93. The Morgan fingerprint density at radius 3 is 1.73 bits per heavy atom. The van der Waals surface area contributed by atoms with Gasteiger partial charge in [0.1, 0.15) is 13.5 Å². The average molecular weight is 160 g/mol. The molecule has 0 aliphatic rings. The molecule has 0 saturated heterocycles. The molecule has 0 spiro atoms. The van der Waals surface area contributed by atoms with Crippen LogP contribution in [0.4, 0.5) is 0 Å². The topological polar surface area (TPSA) is 49.9 Å². The predicted molar refractivity (Wildman–Crippen MR) is 38.5 cm³/mol. The number of ether oxygens (including phenoxy) is 1. The molecular weight excluding hydrogens is 148 g/mol. The summed E-state index contributed by atoms with van der Waals surface area (Å²) in [4.78, 5) is 22.7. The SMILES string of the molecule is CN(C=O)COCN(C)C=O. The monoisotopic (exact) mass is 160 g/mol. The van der Waals surface area contributed by atoms with E-state index in [4.69, 9.17) is 4.74 Å². The van der Waals surface area contributed by atoms with Crippen LogP contribution in [0.5, 0.6) is 0 Å². The Hall–Kier alpha value is -1.10. The first-order valence-corrected chi connectivity index (χ1v) is 3.09. The van der Waals surface area contributed by atoms with Gasteiger partial charge in [-0.15, -0.1) is 0 Å². The van der Waals surface area contributed by atoms with Gasteiger partial charge in [0.2, 0.25) is 12.8 Å². The summed E-state index contributed by atoms with van der Waals surface area (Å²) in [5.74, 6) is 0. The van der Waals surface area contributed by atoms with Gasteiger partial charge in [-0.25, -0.2) is 0 Å². The summed E-state index contributed by atoms with van der Waals surface area (Å²) >= 11 is 0. The molecule has 0 saturated carbocycles. The summed E-state index contributed by atoms with van der Waals surface area (Å²) in [5.41, 5.74) is 0. The normalized spacial score (nSPS) is 8.91. The van der Waals surface area contributed by atoms with E-state index in [0.29, 0.717) is 12.8 Å². The second kappa shape index (κ2) is 5.67. The van der Waals surface area contributed by atoms with Crippen molar-refractivity contribution in [3.63, 3.8) is 0 Å². The number of carbonyl (C=O) groups excluding carboxylic acids is 2. The van der Waals surface area contributed by atoms with E-state index < -0.39 is 0 Å². The Labute approximate surface area is 65.5 Å². The molecule has 5 nitrogen and oxygen atoms in total. The highest BCUT2D eigenvalue weighted by Gasteiger charge is 1.94. The summed E-state index contributed by atoms with van der Waals surface area (Å²) in [6.45, 7) is 0.392. The number of nitrogens with zero attached hydrogens (tertiary/aromatic N) is 2. The molecule has 0 aromatic rings. The smallest absolute Gasteiger partial charge is 0.211 e. The van der Waals surface area contributed by atoms with Crippen molar-refractivity contribution in [1.29, 1.82) is 0 Å². The average Bonchev–Trinajstić information content (AvgIpc) is 2.04. The third-order valence-electron chi connectivity index (χ3n) is 0.950. The van der Waals surface area contributed by atoms with Gasteiger partial charge in [0.05, 0.1) is 0 Å². The number of amides is 2. The maximum absolute atomic E-state index is 10.0. The Balaban J connectivity index is 3.26. The maximum Gasteiger partial charge on any atom is 0.211 e. The highest BCUT2D eigenvalue weighted by Crippen LogP contribution is 1.81. The molecule has 0 radical (unpaired) electrons. The molecule has 11 heavy (non-hydrogen) atoms. The first-order valence-electron chi connectivity index (χ1n) is 3.09. The number of hydrogen-bond acceptors (Lipinski definition) is 3. The first kappa shape index (κ1) is 9.90. The van der Waals surface area contributed by atoms with E-state index in [1.54, 1.807) is 14.1 Å². The molecule has 0 aromatic carbocycles. The van der Waals surface area contributed by atoms with Crippen LogP contribution >= 0.6 is 0 Å². The summed E-state index contributed by atoms with van der Waals surface area (Å²) in [6, 6.07) is 0. The van der Waals surface area contributed by atoms with Crippen LogP contribution in [0.25, 0.3) is 0 Å². The zero-order valence-corrected chi connectivity index (χ0v) is 6.69. The molecule has 0 heterocycles. The van der Waals surface area contributed by atoms with Crippen LogP contribution in [0.3, 0.4) is 0 Å². The van der Waals surface area contributed by atoms with Gasteiger partial charge in [0.15, 0.2) is 0 Å². The van der Waals surface area contributed by atoms with Crippen molar-refractivity contribution in [2.24, 2.45) is 0 Å². The largest absolute Gasteiger partial charge is 0.341 e. The number of rotatable bonds is 6. The van der Waals surface area contributed by atoms with Gasteiger partial charge in [0.25, 0.3) is 0 Å². The number of hydrogen-bond donors (Lipinski definition) is 0. The Morgan fingerprint density at radius 2 is 1.45 bits per heavy atom. The molecular formula is C6H12N2O3. The highest BCUT2D eigenvalue weighted by molar-refractivity contribution is 5.46. The lowest BCUT2D eigenvalue weighted by Crippen LogP contribution is -2.26. The summed E-state index contributed by atoms with van der Waals surface area (Å²) in [6.07, 6.45) is 1.31. The van der Waals surface area contributed by atoms with Crippen molar-refractivity contribution in [3.05, 3.63) is 0 Å². The van der Waals surface area contributed by atoms with Crippen LogP contribution in [-0.2, 0) is 14.3 Å². The van der Waals surface area contributed by atoms with Crippen molar-refractivity contribution in [2.45, 2.75) is 0 Å². The molecule has 0 bridgehead atoms. The fourth-order valence-corrected chi connectivity index (χ4v) is 0.390. The minimum atomic E-state index is 0.196. The van der Waals surface area contributed by atoms with E-state index in [1.807, 2.05) is 0 Å². The fraction of sp³-hybridized carbons (Fsp3) is 0.667. The van der Waals surface area contributed by atoms with Crippen LogP contribution in [0.15, 0.2) is 0 Å². The van der Waals surface area contributed by atoms with Crippen molar-refractivity contribution in [1.82, 2.24) is 9.80 Å². The standard InChI is InChI=1S/C6H12N2O3/c1-7(3-9)5-11-6-8(2)4-10/h3-4H,5-6H2,1-2H3.